The molecule has 3 aromatic rings. The van der Waals surface area contributed by atoms with E-state index in [1.54, 1.807) is 0 Å². The van der Waals surface area contributed by atoms with Crippen molar-refractivity contribution >= 4 is 6.47 Å². The molecule has 0 fully saturated rings. The molecule has 0 saturated carbocycles. The molecule has 4 rings (SSSR count). The summed E-state index contributed by atoms with van der Waals surface area (Å²) in [5.74, 6) is 1.38. The number of ether oxygens (including phenoxy) is 2. The number of fused-ring (bicyclic) bond motifs is 2. The highest BCUT2D eigenvalue weighted by Crippen LogP contribution is 2.51. The van der Waals surface area contributed by atoms with E-state index >= 15 is 0 Å². The molecule has 0 radical (unpaired) electrons. The molecule has 23 heavy (non-hydrogen) atoms. The van der Waals surface area contributed by atoms with Crippen LogP contribution >= 0.6 is 0 Å². The van der Waals surface area contributed by atoms with Crippen LogP contribution in [0.25, 0.3) is 0 Å². The fraction of sp³-hybridized carbons (Fsp3) is 0.0500. The predicted octanol–water partition coefficient (Wildman–Crippen LogP) is 4.26. The van der Waals surface area contributed by atoms with Crippen molar-refractivity contribution in [3.05, 3.63) is 95.6 Å². The van der Waals surface area contributed by atoms with Crippen molar-refractivity contribution in [2.75, 3.05) is 0 Å². The van der Waals surface area contributed by atoms with Gasteiger partial charge in [-0.1, -0.05) is 66.7 Å². The van der Waals surface area contributed by atoms with Gasteiger partial charge in [0.25, 0.3) is 6.47 Å². The molecule has 112 valence electrons. The standard InChI is InChI=1S/C20H14O3/c21-14-22-20(15-8-2-1-3-9-15)16-10-4-6-12-18(16)23-19-13-7-5-11-17(19)20/h1-14H. The van der Waals surface area contributed by atoms with E-state index in [1.807, 2.05) is 78.9 Å². The Balaban J connectivity index is 2.10. The number of carbonyl (C=O) groups excluding carboxylic acids is 1. The minimum atomic E-state index is -1.01. The van der Waals surface area contributed by atoms with Crippen LogP contribution < -0.4 is 4.74 Å². The van der Waals surface area contributed by atoms with Gasteiger partial charge in [0.05, 0.1) is 0 Å². The second-order valence-corrected chi connectivity index (χ2v) is 5.36. The summed E-state index contributed by atoms with van der Waals surface area (Å²) >= 11 is 0. The summed E-state index contributed by atoms with van der Waals surface area (Å²) in [6.07, 6.45) is 0. The summed E-state index contributed by atoms with van der Waals surface area (Å²) in [5, 5.41) is 0. The van der Waals surface area contributed by atoms with E-state index in [1.165, 1.54) is 0 Å². The van der Waals surface area contributed by atoms with Gasteiger partial charge < -0.3 is 9.47 Å². The number of rotatable bonds is 3. The Morgan fingerprint density at radius 3 is 1.83 bits per heavy atom. The average Bonchev–Trinajstić information content (AvgIpc) is 2.62. The first-order valence-electron chi connectivity index (χ1n) is 7.40. The lowest BCUT2D eigenvalue weighted by Gasteiger charge is -2.38. The lowest BCUT2D eigenvalue weighted by atomic mass is 9.78. The molecule has 3 heteroatoms. The van der Waals surface area contributed by atoms with Crippen molar-refractivity contribution in [2.24, 2.45) is 0 Å². The van der Waals surface area contributed by atoms with E-state index < -0.39 is 5.60 Å². The van der Waals surface area contributed by atoms with Gasteiger partial charge in [-0.05, 0) is 12.1 Å². The van der Waals surface area contributed by atoms with Crippen LogP contribution in [0.2, 0.25) is 0 Å². The third kappa shape index (κ3) is 1.94. The van der Waals surface area contributed by atoms with Crippen molar-refractivity contribution < 1.29 is 14.3 Å². The maximum absolute atomic E-state index is 11.4. The smallest absolute Gasteiger partial charge is 0.294 e. The summed E-state index contributed by atoms with van der Waals surface area (Å²) in [6.45, 7) is 0.506. The van der Waals surface area contributed by atoms with E-state index in [0.29, 0.717) is 18.0 Å². The summed E-state index contributed by atoms with van der Waals surface area (Å²) in [5.41, 5.74) is 1.51. The molecule has 0 aliphatic carbocycles. The lowest BCUT2D eigenvalue weighted by Crippen LogP contribution is -2.35. The molecule has 0 unspecified atom stereocenters. The van der Waals surface area contributed by atoms with E-state index in [9.17, 15) is 4.79 Å². The molecule has 0 spiro atoms. The third-order valence-corrected chi connectivity index (χ3v) is 4.16. The average molecular weight is 302 g/mol. The van der Waals surface area contributed by atoms with E-state index in [4.69, 9.17) is 9.47 Å². The van der Waals surface area contributed by atoms with Gasteiger partial charge in [-0.25, -0.2) is 0 Å². The number of benzene rings is 3. The number of hydrogen-bond acceptors (Lipinski definition) is 3. The fourth-order valence-electron chi connectivity index (χ4n) is 3.21. The quantitative estimate of drug-likeness (QED) is 0.678. The highest BCUT2D eigenvalue weighted by Gasteiger charge is 2.45. The van der Waals surface area contributed by atoms with E-state index in [-0.39, 0.29) is 0 Å². The largest absolute Gasteiger partial charge is 0.456 e. The fourth-order valence-corrected chi connectivity index (χ4v) is 3.21. The third-order valence-electron chi connectivity index (χ3n) is 4.16. The first-order valence-corrected chi connectivity index (χ1v) is 7.40. The Labute approximate surface area is 134 Å². The minimum Gasteiger partial charge on any atom is -0.456 e. The van der Waals surface area contributed by atoms with Crippen LogP contribution in [0.1, 0.15) is 16.7 Å². The zero-order valence-corrected chi connectivity index (χ0v) is 12.3. The molecule has 0 atom stereocenters. The van der Waals surface area contributed by atoms with Crippen molar-refractivity contribution in [1.82, 2.24) is 0 Å². The molecule has 0 bridgehead atoms. The zero-order valence-electron chi connectivity index (χ0n) is 12.3. The van der Waals surface area contributed by atoms with E-state index in [2.05, 4.69) is 0 Å². The van der Waals surface area contributed by atoms with Crippen molar-refractivity contribution in [2.45, 2.75) is 5.60 Å². The van der Waals surface area contributed by atoms with Gasteiger partial charge in [-0.2, -0.15) is 0 Å². The Morgan fingerprint density at radius 1 is 0.739 bits per heavy atom. The van der Waals surface area contributed by atoms with Gasteiger partial charge in [0, 0.05) is 16.7 Å². The van der Waals surface area contributed by atoms with Gasteiger partial charge in [0.2, 0.25) is 0 Å². The second kappa shape index (κ2) is 5.29. The van der Waals surface area contributed by atoms with Crippen LogP contribution in [0, 0.1) is 0 Å². The van der Waals surface area contributed by atoms with E-state index in [0.717, 1.165) is 16.7 Å². The molecule has 3 aromatic carbocycles. The van der Waals surface area contributed by atoms with Gasteiger partial charge in [-0.15, -0.1) is 0 Å². The number of para-hydroxylation sites is 2. The maximum Gasteiger partial charge on any atom is 0.294 e. The van der Waals surface area contributed by atoms with Crippen LogP contribution in [0.3, 0.4) is 0 Å². The molecular formula is C20H14O3. The molecule has 1 aliphatic rings. The second-order valence-electron chi connectivity index (χ2n) is 5.36. The van der Waals surface area contributed by atoms with Crippen LogP contribution in [0.15, 0.2) is 78.9 Å². The molecular weight excluding hydrogens is 288 g/mol. The monoisotopic (exact) mass is 302 g/mol. The SMILES string of the molecule is O=COC1(c2ccccc2)c2ccccc2Oc2ccccc21. The van der Waals surface area contributed by atoms with Gasteiger partial charge in [0.15, 0.2) is 5.60 Å². The number of hydrogen-bond donors (Lipinski definition) is 0. The van der Waals surface area contributed by atoms with Crippen molar-refractivity contribution in [1.29, 1.82) is 0 Å². The summed E-state index contributed by atoms with van der Waals surface area (Å²) in [6, 6.07) is 25.0. The molecule has 0 N–H and O–H groups in total. The van der Waals surface area contributed by atoms with Crippen LogP contribution in [0.5, 0.6) is 11.5 Å². The molecule has 0 saturated heterocycles. The molecule has 0 amide bonds. The number of carbonyl (C=O) groups is 1. The summed E-state index contributed by atoms with van der Waals surface area (Å²) in [4.78, 5) is 11.4. The minimum absolute atomic E-state index is 0.506. The van der Waals surface area contributed by atoms with Crippen LogP contribution in [0.4, 0.5) is 0 Å². The summed E-state index contributed by atoms with van der Waals surface area (Å²) in [7, 11) is 0. The molecule has 1 heterocycles. The molecule has 3 nitrogen and oxygen atoms in total. The van der Waals surface area contributed by atoms with Crippen molar-refractivity contribution in [3.63, 3.8) is 0 Å². The Kier molecular flexibility index (Phi) is 3.12. The zero-order chi connectivity index (χ0) is 15.7. The first-order chi connectivity index (χ1) is 11.4. The van der Waals surface area contributed by atoms with Gasteiger partial charge in [0.1, 0.15) is 11.5 Å². The Morgan fingerprint density at radius 2 is 1.26 bits per heavy atom. The van der Waals surface area contributed by atoms with Crippen LogP contribution in [-0.4, -0.2) is 6.47 Å². The Hall–Kier alpha value is -3.07. The normalized spacial score (nSPS) is 14.1. The molecule has 1 aliphatic heterocycles. The highest BCUT2D eigenvalue weighted by molar-refractivity contribution is 5.63. The maximum atomic E-state index is 11.4. The van der Waals surface area contributed by atoms with Crippen LogP contribution in [-0.2, 0) is 15.1 Å². The first kappa shape index (κ1) is 13.6. The predicted molar refractivity (Wildman–Crippen MR) is 86.4 cm³/mol. The highest BCUT2D eigenvalue weighted by atomic mass is 16.5. The van der Waals surface area contributed by atoms with Crippen molar-refractivity contribution in [3.8, 4) is 11.5 Å². The topological polar surface area (TPSA) is 35.5 Å². The lowest BCUT2D eigenvalue weighted by molar-refractivity contribution is -0.137. The molecule has 0 aromatic heterocycles. The summed E-state index contributed by atoms with van der Waals surface area (Å²) < 4.78 is 11.8. The van der Waals surface area contributed by atoms with Gasteiger partial charge >= 0.3 is 0 Å². The van der Waals surface area contributed by atoms with Gasteiger partial charge in [-0.3, -0.25) is 4.79 Å². The Bertz CT molecular complexity index is 810.